The molecule has 0 aliphatic heterocycles. The second kappa shape index (κ2) is 17.8. The Morgan fingerprint density at radius 2 is 1.35 bits per heavy atom. The zero-order chi connectivity index (χ0) is 22.2. The van der Waals surface area contributed by atoms with E-state index in [1.165, 1.54) is 116 Å². The van der Waals surface area contributed by atoms with Gasteiger partial charge in [0.05, 0.1) is 6.10 Å². The number of ether oxygens (including phenoxy) is 2. The Morgan fingerprint density at radius 1 is 0.806 bits per heavy atom. The first-order valence-electron chi connectivity index (χ1n) is 13.8. The zero-order valence-corrected chi connectivity index (χ0v) is 22.8. The maximum absolute atomic E-state index is 6.13. The van der Waals surface area contributed by atoms with Gasteiger partial charge in [-0.3, -0.25) is 0 Å². The highest BCUT2D eigenvalue weighted by Gasteiger charge is 2.34. The largest absolute Gasteiger partial charge is 0.353 e. The molecule has 0 N–H and O–H groups in total. The second-order valence-corrected chi connectivity index (χ2v) is 11.0. The lowest BCUT2D eigenvalue weighted by atomic mass is 9.70. The van der Waals surface area contributed by atoms with Gasteiger partial charge in [0, 0.05) is 6.61 Å². The molecule has 0 aromatic heterocycles. The van der Waals surface area contributed by atoms with Crippen LogP contribution in [0.1, 0.15) is 129 Å². The molecule has 0 spiro atoms. The molecule has 2 atom stereocenters. The maximum Gasteiger partial charge on any atom is 0.155 e. The number of halogens is 1. The highest BCUT2D eigenvalue weighted by Crippen LogP contribution is 2.41. The Kier molecular flexibility index (Phi) is 15.9. The molecule has 2 rings (SSSR count). The van der Waals surface area contributed by atoms with Crippen molar-refractivity contribution in [1.29, 1.82) is 0 Å². The predicted octanol–water partition coefficient (Wildman–Crippen LogP) is 9.60. The molecule has 0 radical (unpaired) electrons. The molecule has 2 nitrogen and oxygen atoms in total. The summed E-state index contributed by atoms with van der Waals surface area (Å²) in [4.78, 5) is 0. The summed E-state index contributed by atoms with van der Waals surface area (Å²) in [5.74, 6) is 2.65. The molecule has 0 heterocycles. The highest BCUT2D eigenvalue weighted by atomic mass is 127. The van der Waals surface area contributed by atoms with Crippen molar-refractivity contribution in [2.75, 3.05) is 6.61 Å². The lowest BCUT2D eigenvalue weighted by Gasteiger charge is -2.40. The molecule has 0 aromatic carbocycles. The van der Waals surface area contributed by atoms with Crippen LogP contribution in [0.5, 0.6) is 0 Å². The second-order valence-electron chi connectivity index (χ2n) is 10.3. The molecule has 2 fully saturated rings. The standard InChI is InChI=1S/C28H51IO2/c1-3-30-24(2)31-28(20-21-29)27-22-26(23-27)19-15-11-14-18-25-16-12-9-7-5-4-6-8-10-13-17-25/h20-21,24-28H,3-19,22-23H2,1-2H3/t24?,26-,27-,28?. The van der Waals surface area contributed by atoms with E-state index in [0.29, 0.717) is 5.92 Å². The van der Waals surface area contributed by atoms with E-state index in [0.717, 1.165) is 18.4 Å². The van der Waals surface area contributed by atoms with Crippen LogP contribution in [0.2, 0.25) is 0 Å². The molecule has 0 amide bonds. The Labute approximate surface area is 207 Å². The Bertz CT molecular complexity index is 434. The van der Waals surface area contributed by atoms with Gasteiger partial charge in [0.2, 0.25) is 0 Å². The van der Waals surface area contributed by atoms with Gasteiger partial charge in [0.15, 0.2) is 6.29 Å². The summed E-state index contributed by atoms with van der Waals surface area (Å²) >= 11 is 2.31. The summed E-state index contributed by atoms with van der Waals surface area (Å²) < 4.78 is 13.8. The predicted molar refractivity (Wildman–Crippen MR) is 143 cm³/mol. The van der Waals surface area contributed by atoms with Crippen LogP contribution in [-0.2, 0) is 9.47 Å². The van der Waals surface area contributed by atoms with Gasteiger partial charge in [-0.05, 0) is 54.6 Å². The van der Waals surface area contributed by atoms with Crippen LogP contribution in [-0.4, -0.2) is 19.0 Å². The summed E-state index contributed by atoms with van der Waals surface area (Å²) in [6, 6.07) is 0. The van der Waals surface area contributed by atoms with Crippen LogP contribution in [0.15, 0.2) is 10.2 Å². The average molecular weight is 547 g/mol. The van der Waals surface area contributed by atoms with Crippen LogP contribution in [0, 0.1) is 17.8 Å². The van der Waals surface area contributed by atoms with Crippen molar-refractivity contribution >= 4 is 22.6 Å². The SMILES string of the molecule is CCOC(C)OC(C=CI)[C@H]1C[C@H](CCCCCC2CCCCCCCCCCC2)C1. The first kappa shape index (κ1) is 27.6. The lowest BCUT2D eigenvalue weighted by molar-refractivity contribution is -0.167. The third kappa shape index (κ3) is 12.4. The first-order valence-corrected chi connectivity index (χ1v) is 15.0. The third-order valence-electron chi connectivity index (χ3n) is 7.70. The van der Waals surface area contributed by atoms with E-state index in [1.54, 1.807) is 0 Å². The van der Waals surface area contributed by atoms with Crippen LogP contribution in [0.25, 0.3) is 0 Å². The van der Waals surface area contributed by atoms with E-state index >= 15 is 0 Å². The molecular weight excluding hydrogens is 495 g/mol. The fraction of sp³-hybridized carbons (Fsp3) is 0.929. The smallest absolute Gasteiger partial charge is 0.155 e. The normalized spacial score (nSPS) is 26.7. The van der Waals surface area contributed by atoms with E-state index in [-0.39, 0.29) is 12.4 Å². The average Bonchev–Trinajstić information content (AvgIpc) is 2.70. The lowest BCUT2D eigenvalue weighted by Crippen LogP contribution is -2.36. The minimum absolute atomic E-state index is 0.0996. The molecule has 31 heavy (non-hydrogen) atoms. The number of hydrogen-bond acceptors (Lipinski definition) is 2. The van der Waals surface area contributed by atoms with E-state index in [4.69, 9.17) is 9.47 Å². The van der Waals surface area contributed by atoms with Crippen molar-refractivity contribution in [1.82, 2.24) is 0 Å². The van der Waals surface area contributed by atoms with Crippen LogP contribution >= 0.6 is 22.6 Å². The van der Waals surface area contributed by atoms with Gasteiger partial charge in [-0.1, -0.05) is 125 Å². The first-order chi connectivity index (χ1) is 15.2. The van der Waals surface area contributed by atoms with Crippen LogP contribution < -0.4 is 0 Å². The summed E-state index contributed by atoms with van der Waals surface area (Å²) in [7, 11) is 0. The van der Waals surface area contributed by atoms with Crippen molar-refractivity contribution in [3.63, 3.8) is 0 Å². The molecule has 0 aromatic rings. The molecule has 2 unspecified atom stereocenters. The summed E-state index contributed by atoms with van der Waals surface area (Å²) in [6.07, 6.45) is 28.7. The summed E-state index contributed by atoms with van der Waals surface area (Å²) in [6.45, 7) is 4.77. The molecule has 182 valence electrons. The van der Waals surface area contributed by atoms with Gasteiger partial charge < -0.3 is 9.47 Å². The van der Waals surface area contributed by atoms with Crippen molar-refractivity contribution in [2.45, 2.75) is 142 Å². The topological polar surface area (TPSA) is 18.5 Å². The molecule has 2 aliphatic rings. The van der Waals surface area contributed by atoms with Gasteiger partial charge in [0.1, 0.15) is 0 Å². The molecular formula is C28H51IO2. The Hall–Kier alpha value is 0.390. The fourth-order valence-corrected chi connectivity index (χ4v) is 6.16. The number of unbranched alkanes of at least 4 members (excludes halogenated alkanes) is 2. The van der Waals surface area contributed by atoms with Crippen molar-refractivity contribution in [3.8, 4) is 0 Å². The Morgan fingerprint density at radius 3 is 1.90 bits per heavy atom. The van der Waals surface area contributed by atoms with Crippen LogP contribution in [0.3, 0.4) is 0 Å². The monoisotopic (exact) mass is 546 g/mol. The van der Waals surface area contributed by atoms with Gasteiger partial charge in [-0.15, -0.1) is 0 Å². The minimum atomic E-state index is -0.0996. The van der Waals surface area contributed by atoms with Crippen LogP contribution in [0.4, 0.5) is 0 Å². The van der Waals surface area contributed by atoms with Gasteiger partial charge in [0.25, 0.3) is 0 Å². The van der Waals surface area contributed by atoms with Gasteiger partial charge >= 0.3 is 0 Å². The molecule has 0 saturated heterocycles. The fourth-order valence-electron chi connectivity index (χ4n) is 5.75. The quantitative estimate of drug-likeness (QED) is 0.138. The summed E-state index contributed by atoms with van der Waals surface area (Å²) in [5.41, 5.74) is 0. The van der Waals surface area contributed by atoms with Crippen molar-refractivity contribution < 1.29 is 9.47 Å². The molecule has 3 heteroatoms. The number of rotatable bonds is 12. The molecule has 2 aliphatic carbocycles. The zero-order valence-electron chi connectivity index (χ0n) is 20.7. The van der Waals surface area contributed by atoms with Gasteiger partial charge in [-0.2, -0.15) is 0 Å². The summed E-state index contributed by atoms with van der Waals surface area (Å²) in [5, 5.41) is 0. The molecule has 0 bridgehead atoms. The van der Waals surface area contributed by atoms with E-state index in [2.05, 4.69) is 32.7 Å². The maximum atomic E-state index is 6.13. The third-order valence-corrected chi connectivity index (χ3v) is 8.11. The van der Waals surface area contributed by atoms with Gasteiger partial charge in [-0.25, -0.2) is 0 Å². The van der Waals surface area contributed by atoms with E-state index in [1.807, 2.05) is 13.8 Å². The minimum Gasteiger partial charge on any atom is -0.353 e. The van der Waals surface area contributed by atoms with E-state index < -0.39 is 0 Å². The Balaban J connectivity index is 1.55. The van der Waals surface area contributed by atoms with Crippen molar-refractivity contribution in [2.24, 2.45) is 17.8 Å². The number of hydrogen-bond donors (Lipinski definition) is 0. The van der Waals surface area contributed by atoms with Crippen molar-refractivity contribution in [3.05, 3.63) is 10.2 Å². The molecule has 2 saturated carbocycles. The van der Waals surface area contributed by atoms with E-state index in [9.17, 15) is 0 Å². The highest BCUT2D eigenvalue weighted by molar-refractivity contribution is 14.1.